The van der Waals surface area contributed by atoms with Gasteiger partial charge >= 0.3 is 0 Å². The second kappa shape index (κ2) is 10.2. The van der Waals surface area contributed by atoms with Gasteiger partial charge in [0.25, 0.3) is 0 Å². The third-order valence-corrected chi connectivity index (χ3v) is 7.94. The number of thioether (sulfide) groups is 1. The van der Waals surface area contributed by atoms with Crippen LogP contribution >= 0.6 is 11.8 Å². The van der Waals surface area contributed by atoms with Crippen LogP contribution in [0.1, 0.15) is 26.7 Å². The predicted octanol–water partition coefficient (Wildman–Crippen LogP) is 4.48. The predicted molar refractivity (Wildman–Crippen MR) is 126 cm³/mol. The van der Waals surface area contributed by atoms with Crippen LogP contribution in [0.2, 0.25) is 0 Å². The van der Waals surface area contributed by atoms with E-state index in [0.717, 1.165) is 28.7 Å². The third-order valence-electron chi connectivity index (χ3n) is 5.04. The Morgan fingerprint density at radius 2 is 1.94 bits per heavy atom. The van der Waals surface area contributed by atoms with E-state index in [2.05, 4.69) is 17.2 Å². The first-order valence-corrected chi connectivity index (χ1v) is 12.7. The van der Waals surface area contributed by atoms with Crippen LogP contribution in [0.15, 0.2) is 46.5 Å². The molecule has 1 aromatic heterocycles. The first-order valence-electron chi connectivity index (χ1n) is 10.4. The molecule has 0 bridgehead atoms. The molecule has 2 aromatic carbocycles. The number of unbranched alkanes of at least 4 members (excludes halogenated alkanes) is 1. The molecule has 1 amide bonds. The van der Waals surface area contributed by atoms with Gasteiger partial charge in [-0.05, 0) is 43.7 Å². The average molecular weight is 497 g/mol. The molecule has 0 aliphatic carbocycles. The lowest BCUT2D eigenvalue weighted by Gasteiger charge is -2.14. The molecule has 0 saturated carbocycles. The lowest BCUT2D eigenvalue weighted by molar-refractivity contribution is -0.115. The Morgan fingerprint density at radius 3 is 2.58 bits per heavy atom. The number of nitrogens with one attached hydrogen (secondary N) is 1. The molecule has 3 aromatic rings. The minimum atomic E-state index is -3.62. The fourth-order valence-electron chi connectivity index (χ4n) is 3.12. The number of nitrogens with zero attached hydrogens (tertiary/aromatic N) is 3. The fourth-order valence-corrected chi connectivity index (χ4v) is 4.99. The molecule has 1 atom stereocenters. The summed E-state index contributed by atoms with van der Waals surface area (Å²) >= 11 is 1.19. The summed E-state index contributed by atoms with van der Waals surface area (Å²) in [6.45, 7) is 4.36. The number of rotatable bonds is 9. The zero-order valence-corrected chi connectivity index (χ0v) is 20.4. The summed E-state index contributed by atoms with van der Waals surface area (Å²) in [5.41, 5.74) is 1.17. The number of aromatic nitrogens is 2. The summed E-state index contributed by atoms with van der Waals surface area (Å²) in [4.78, 5) is 17.4. The Labute approximate surface area is 196 Å². The van der Waals surface area contributed by atoms with E-state index in [1.54, 1.807) is 19.1 Å². The lowest BCUT2D eigenvalue weighted by Crippen LogP contribution is -2.23. The Bertz CT molecular complexity index is 1280. The quantitative estimate of drug-likeness (QED) is 0.442. The molecule has 3 rings (SSSR count). The highest BCUT2D eigenvalue weighted by atomic mass is 32.2. The first kappa shape index (κ1) is 25.1. The molecule has 1 heterocycles. The highest BCUT2D eigenvalue weighted by Crippen LogP contribution is 2.30. The van der Waals surface area contributed by atoms with Crippen molar-refractivity contribution in [3.05, 3.63) is 48.0 Å². The maximum Gasteiger partial charge on any atom is 0.242 e. The van der Waals surface area contributed by atoms with E-state index in [1.165, 1.54) is 38.0 Å². The smallest absolute Gasteiger partial charge is 0.242 e. The zero-order valence-electron chi connectivity index (χ0n) is 18.8. The first-order chi connectivity index (χ1) is 15.5. The Morgan fingerprint density at radius 1 is 1.21 bits per heavy atom. The molecular weight excluding hydrogens is 470 g/mol. The summed E-state index contributed by atoms with van der Waals surface area (Å²) in [6, 6.07) is 7.73. The van der Waals surface area contributed by atoms with Crippen molar-refractivity contribution in [3.63, 3.8) is 0 Å². The van der Waals surface area contributed by atoms with E-state index in [0.29, 0.717) is 23.3 Å². The van der Waals surface area contributed by atoms with Crippen molar-refractivity contribution in [2.45, 2.75) is 48.5 Å². The summed E-state index contributed by atoms with van der Waals surface area (Å²) in [5, 5.41) is 2.39. The average Bonchev–Trinajstić information content (AvgIpc) is 3.09. The second-order valence-corrected chi connectivity index (χ2v) is 11.2. The standard InChI is InChI=1S/C22H26F2N4O3S2/c1-5-6-11-28-20-10-8-16(33(30,31)27(3)4)13-19(20)26-22(28)32-14(2)21(29)25-18-9-7-15(23)12-17(18)24/h7-10,12-14H,5-6,11H2,1-4H3,(H,25,29). The molecule has 1 unspecified atom stereocenters. The van der Waals surface area contributed by atoms with Gasteiger partial charge in [0.2, 0.25) is 15.9 Å². The van der Waals surface area contributed by atoms with Gasteiger partial charge in [0, 0.05) is 26.7 Å². The molecule has 0 aliphatic rings. The monoisotopic (exact) mass is 496 g/mol. The van der Waals surface area contributed by atoms with Gasteiger partial charge in [-0.15, -0.1) is 0 Å². The number of halogens is 2. The Balaban J connectivity index is 1.90. The fraction of sp³-hybridized carbons (Fsp3) is 0.364. The van der Waals surface area contributed by atoms with Gasteiger partial charge in [-0.3, -0.25) is 4.79 Å². The summed E-state index contributed by atoms with van der Waals surface area (Å²) < 4.78 is 55.1. The largest absolute Gasteiger partial charge is 0.323 e. The maximum absolute atomic E-state index is 13.9. The number of imidazole rings is 1. The van der Waals surface area contributed by atoms with Crippen molar-refractivity contribution < 1.29 is 22.0 Å². The molecule has 178 valence electrons. The van der Waals surface area contributed by atoms with E-state index < -0.39 is 32.8 Å². The van der Waals surface area contributed by atoms with Crippen LogP contribution in [0.5, 0.6) is 0 Å². The zero-order chi connectivity index (χ0) is 24.3. The molecule has 0 saturated heterocycles. The van der Waals surface area contributed by atoms with E-state index >= 15 is 0 Å². The highest BCUT2D eigenvalue weighted by Gasteiger charge is 2.23. The molecular formula is C22H26F2N4O3S2. The van der Waals surface area contributed by atoms with Crippen LogP contribution in [0, 0.1) is 11.6 Å². The molecule has 0 radical (unpaired) electrons. The van der Waals surface area contributed by atoms with Crippen molar-refractivity contribution in [2.75, 3.05) is 19.4 Å². The van der Waals surface area contributed by atoms with Gasteiger partial charge in [0.1, 0.15) is 11.6 Å². The lowest BCUT2D eigenvalue weighted by atomic mass is 10.3. The summed E-state index contributed by atoms with van der Waals surface area (Å²) in [5.74, 6) is -2.05. The SMILES string of the molecule is CCCCn1c(SC(C)C(=O)Nc2ccc(F)cc2F)nc2cc(S(=O)(=O)N(C)C)ccc21. The molecule has 0 spiro atoms. The highest BCUT2D eigenvalue weighted by molar-refractivity contribution is 8.00. The molecule has 7 nitrogen and oxygen atoms in total. The van der Waals surface area contributed by atoms with E-state index in [4.69, 9.17) is 0 Å². The number of hydrogen-bond acceptors (Lipinski definition) is 5. The van der Waals surface area contributed by atoms with Crippen LogP contribution in [-0.2, 0) is 21.4 Å². The number of aryl methyl sites for hydroxylation is 1. The van der Waals surface area contributed by atoms with Crippen LogP contribution in [-0.4, -0.2) is 47.5 Å². The number of benzene rings is 2. The minimum absolute atomic E-state index is 0.105. The molecule has 11 heteroatoms. The number of sulfonamides is 1. The molecule has 1 N–H and O–H groups in total. The number of fused-ring (bicyclic) bond motifs is 1. The van der Waals surface area contributed by atoms with Gasteiger partial charge in [-0.1, -0.05) is 25.1 Å². The van der Waals surface area contributed by atoms with Crippen molar-refractivity contribution in [3.8, 4) is 0 Å². The summed E-state index contributed by atoms with van der Waals surface area (Å²) in [7, 11) is -0.690. The number of anilines is 1. The Hall–Kier alpha value is -2.50. The number of amides is 1. The minimum Gasteiger partial charge on any atom is -0.323 e. The van der Waals surface area contributed by atoms with Crippen molar-refractivity contribution in [2.24, 2.45) is 0 Å². The second-order valence-electron chi connectivity index (χ2n) is 7.71. The van der Waals surface area contributed by atoms with Crippen LogP contribution in [0.3, 0.4) is 0 Å². The normalized spacial score (nSPS) is 12.9. The molecule has 33 heavy (non-hydrogen) atoms. The topological polar surface area (TPSA) is 84.3 Å². The Kier molecular flexibility index (Phi) is 7.76. The van der Waals surface area contributed by atoms with Crippen molar-refractivity contribution in [1.82, 2.24) is 13.9 Å². The van der Waals surface area contributed by atoms with Gasteiger partial charge in [-0.25, -0.2) is 26.5 Å². The summed E-state index contributed by atoms with van der Waals surface area (Å²) in [6.07, 6.45) is 1.81. The maximum atomic E-state index is 13.9. The van der Waals surface area contributed by atoms with Gasteiger partial charge in [0.15, 0.2) is 5.16 Å². The van der Waals surface area contributed by atoms with Crippen molar-refractivity contribution in [1.29, 1.82) is 0 Å². The van der Waals surface area contributed by atoms with Gasteiger partial charge < -0.3 is 9.88 Å². The van der Waals surface area contributed by atoms with Gasteiger partial charge in [0.05, 0.1) is 26.9 Å². The van der Waals surface area contributed by atoms with Crippen LogP contribution in [0.25, 0.3) is 11.0 Å². The number of carbonyl (C=O) groups excluding carboxylic acids is 1. The molecule has 0 fully saturated rings. The van der Waals surface area contributed by atoms with Crippen LogP contribution in [0.4, 0.5) is 14.5 Å². The van der Waals surface area contributed by atoms with Crippen LogP contribution < -0.4 is 5.32 Å². The molecule has 0 aliphatic heterocycles. The number of hydrogen-bond donors (Lipinski definition) is 1. The van der Waals surface area contributed by atoms with E-state index in [1.807, 2.05) is 4.57 Å². The van der Waals surface area contributed by atoms with Gasteiger partial charge in [-0.2, -0.15) is 0 Å². The number of carbonyl (C=O) groups is 1. The van der Waals surface area contributed by atoms with E-state index in [-0.39, 0.29) is 10.6 Å². The third kappa shape index (κ3) is 5.53. The van der Waals surface area contributed by atoms with Crippen molar-refractivity contribution >= 4 is 44.4 Å². The van der Waals surface area contributed by atoms with E-state index in [9.17, 15) is 22.0 Å².